The highest BCUT2D eigenvalue weighted by atomic mass is 16.5. The number of hydrogen-bond acceptors (Lipinski definition) is 2. The summed E-state index contributed by atoms with van der Waals surface area (Å²) in [5.41, 5.74) is 3.28. The Balaban J connectivity index is 1.50. The Kier molecular flexibility index (Phi) is 5.57. The van der Waals surface area contributed by atoms with Crippen molar-refractivity contribution in [3.8, 4) is 0 Å². The molecule has 34 heavy (non-hydrogen) atoms. The van der Waals surface area contributed by atoms with Crippen LogP contribution >= 0.6 is 0 Å². The van der Waals surface area contributed by atoms with E-state index in [9.17, 15) is 4.79 Å². The SMILES string of the molecule is C=C1CC[C@]2(C)CC[C@]3(C)[C@H](CC[C@@H]4[C@@]5(C)CC[C@H](OC(C)=O)C(C)(C)[C@@H]5CC[C@]43C)[C@@H]2[C@H]1C. The number of rotatable bonds is 1. The highest BCUT2D eigenvalue weighted by Gasteiger charge is 2.70. The quantitative estimate of drug-likeness (QED) is 0.284. The second-order valence-electron chi connectivity index (χ2n) is 15.3. The average molecular weight is 469 g/mol. The third-order valence-corrected chi connectivity index (χ3v) is 13.8. The van der Waals surface area contributed by atoms with Crippen LogP contribution < -0.4 is 0 Å². The fraction of sp³-hybridized carbons (Fsp3) is 0.906. The standard InChI is InChI=1S/C32H52O2/c1-20-12-15-29(6)18-19-31(8)23(27(29)21(20)2)10-11-25-30(7)16-14-26(34-22(3)33)28(4,5)24(30)13-17-32(25,31)9/h21,23-27H,1,10-19H2,2-9H3/t21-,23+,24-,25+,26-,27-,29+,30-,31+,32+/m0/s1. The molecule has 0 radical (unpaired) electrons. The van der Waals surface area contributed by atoms with Gasteiger partial charge in [0, 0.05) is 12.3 Å². The maximum absolute atomic E-state index is 11.9. The Bertz CT molecular complexity index is 872. The van der Waals surface area contributed by atoms with Gasteiger partial charge in [0.15, 0.2) is 0 Å². The van der Waals surface area contributed by atoms with Crippen molar-refractivity contribution in [1.82, 2.24) is 0 Å². The lowest BCUT2D eigenvalue weighted by Crippen LogP contribution is -2.67. The van der Waals surface area contributed by atoms with Gasteiger partial charge in [0.05, 0.1) is 0 Å². The Morgan fingerprint density at radius 3 is 2.24 bits per heavy atom. The van der Waals surface area contributed by atoms with Crippen LogP contribution in [0.4, 0.5) is 0 Å². The van der Waals surface area contributed by atoms with E-state index in [1.807, 2.05) is 0 Å². The van der Waals surface area contributed by atoms with Crippen molar-refractivity contribution in [3.63, 3.8) is 0 Å². The van der Waals surface area contributed by atoms with Gasteiger partial charge in [0.1, 0.15) is 6.10 Å². The molecule has 5 aliphatic rings. The van der Waals surface area contributed by atoms with Crippen molar-refractivity contribution in [1.29, 1.82) is 0 Å². The van der Waals surface area contributed by atoms with Gasteiger partial charge in [-0.2, -0.15) is 0 Å². The van der Waals surface area contributed by atoms with Crippen LogP contribution in [0.1, 0.15) is 120 Å². The molecular formula is C32H52O2. The first-order chi connectivity index (χ1) is 15.7. The number of ether oxygens (including phenoxy) is 1. The molecule has 5 aliphatic carbocycles. The minimum absolute atomic E-state index is 0.0541. The van der Waals surface area contributed by atoms with Crippen LogP contribution in [0.2, 0.25) is 0 Å². The predicted molar refractivity (Wildman–Crippen MR) is 140 cm³/mol. The average Bonchev–Trinajstić information content (AvgIpc) is 2.74. The third kappa shape index (κ3) is 3.08. The maximum Gasteiger partial charge on any atom is 0.302 e. The molecule has 0 spiro atoms. The number of carbonyl (C=O) groups excluding carboxylic acids is 1. The van der Waals surface area contributed by atoms with Gasteiger partial charge in [-0.05, 0) is 115 Å². The van der Waals surface area contributed by atoms with Crippen LogP contribution in [0.25, 0.3) is 0 Å². The van der Waals surface area contributed by atoms with Crippen molar-refractivity contribution in [2.75, 3.05) is 0 Å². The largest absolute Gasteiger partial charge is 0.462 e. The highest BCUT2D eigenvalue weighted by Crippen LogP contribution is 2.77. The van der Waals surface area contributed by atoms with Crippen molar-refractivity contribution in [2.45, 2.75) is 126 Å². The highest BCUT2D eigenvalue weighted by molar-refractivity contribution is 5.66. The predicted octanol–water partition coefficient (Wildman–Crippen LogP) is 8.60. The van der Waals surface area contributed by atoms with Crippen LogP contribution in [-0.2, 0) is 9.53 Å². The van der Waals surface area contributed by atoms with E-state index < -0.39 is 0 Å². The first-order valence-corrected chi connectivity index (χ1v) is 14.6. The Morgan fingerprint density at radius 2 is 1.56 bits per heavy atom. The van der Waals surface area contributed by atoms with E-state index in [2.05, 4.69) is 55.0 Å². The zero-order valence-corrected chi connectivity index (χ0v) is 23.6. The van der Waals surface area contributed by atoms with E-state index in [1.165, 1.54) is 63.4 Å². The Labute approximate surface area is 210 Å². The molecule has 0 N–H and O–H groups in total. The second kappa shape index (κ2) is 7.61. The molecule has 5 rings (SSSR count). The molecule has 0 aliphatic heterocycles. The summed E-state index contributed by atoms with van der Waals surface area (Å²) in [6, 6.07) is 0. The normalized spacial score (nSPS) is 54.2. The van der Waals surface area contributed by atoms with E-state index in [0.29, 0.717) is 33.5 Å². The number of esters is 1. The summed E-state index contributed by atoms with van der Waals surface area (Å²) in [5.74, 6) is 3.64. The maximum atomic E-state index is 11.9. The molecule has 0 aromatic rings. The van der Waals surface area contributed by atoms with Gasteiger partial charge in [-0.1, -0.05) is 60.6 Å². The number of carbonyl (C=O) groups is 1. The molecule has 192 valence electrons. The van der Waals surface area contributed by atoms with Crippen molar-refractivity contribution >= 4 is 5.97 Å². The molecule has 5 fully saturated rings. The monoisotopic (exact) mass is 468 g/mol. The van der Waals surface area contributed by atoms with E-state index in [-0.39, 0.29) is 17.5 Å². The summed E-state index contributed by atoms with van der Waals surface area (Å²) in [6.45, 7) is 24.2. The van der Waals surface area contributed by atoms with Crippen molar-refractivity contribution in [3.05, 3.63) is 12.2 Å². The third-order valence-electron chi connectivity index (χ3n) is 13.8. The lowest BCUT2D eigenvalue weighted by Gasteiger charge is -2.73. The first-order valence-electron chi connectivity index (χ1n) is 14.6. The fourth-order valence-electron chi connectivity index (χ4n) is 11.8. The van der Waals surface area contributed by atoms with E-state index in [4.69, 9.17) is 4.74 Å². The van der Waals surface area contributed by atoms with Crippen LogP contribution in [0.5, 0.6) is 0 Å². The van der Waals surface area contributed by atoms with Crippen molar-refractivity contribution in [2.24, 2.45) is 56.7 Å². The van der Waals surface area contributed by atoms with Gasteiger partial charge in [-0.25, -0.2) is 0 Å². The number of hydrogen-bond donors (Lipinski definition) is 0. The van der Waals surface area contributed by atoms with Gasteiger partial charge < -0.3 is 4.74 Å². The summed E-state index contributed by atoms with van der Waals surface area (Å²) < 4.78 is 5.91. The molecule has 0 aromatic heterocycles. The van der Waals surface area contributed by atoms with Gasteiger partial charge in [0.25, 0.3) is 0 Å². The van der Waals surface area contributed by atoms with Gasteiger partial charge in [-0.3, -0.25) is 4.79 Å². The summed E-state index contributed by atoms with van der Waals surface area (Å²) >= 11 is 0. The van der Waals surface area contributed by atoms with Gasteiger partial charge in [0.2, 0.25) is 0 Å². The van der Waals surface area contributed by atoms with Crippen molar-refractivity contribution < 1.29 is 9.53 Å². The molecule has 2 heteroatoms. The van der Waals surface area contributed by atoms with Crippen LogP contribution in [-0.4, -0.2) is 12.1 Å². The number of fused-ring (bicyclic) bond motifs is 7. The topological polar surface area (TPSA) is 26.3 Å². The lowest BCUT2D eigenvalue weighted by molar-refractivity contribution is -0.253. The summed E-state index contributed by atoms with van der Waals surface area (Å²) in [7, 11) is 0. The minimum atomic E-state index is -0.108. The summed E-state index contributed by atoms with van der Waals surface area (Å²) in [6.07, 6.45) is 13.2. The molecule has 0 unspecified atom stereocenters. The fourth-order valence-corrected chi connectivity index (χ4v) is 11.8. The van der Waals surface area contributed by atoms with E-state index in [1.54, 1.807) is 6.92 Å². The van der Waals surface area contributed by atoms with E-state index in [0.717, 1.165) is 24.2 Å². The molecular weight excluding hydrogens is 416 g/mol. The summed E-state index contributed by atoms with van der Waals surface area (Å²) in [4.78, 5) is 11.9. The Morgan fingerprint density at radius 1 is 0.853 bits per heavy atom. The second-order valence-corrected chi connectivity index (χ2v) is 15.3. The van der Waals surface area contributed by atoms with Gasteiger partial charge >= 0.3 is 5.97 Å². The molecule has 0 amide bonds. The summed E-state index contributed by atoms with van der Waals surface area (Å²) in [5, 5.41) is 0. The Hall–Kier alpha value is -0.790. The zero-order valence-electron chi connectivity index (χ0n) is 23.6. The molecule has 0 saturated heterocycles. The smallest absolute Gasteiger partial charge is 0.302 e. The first kappa shape index (κ1) is 24.9. The molecule has 0 aromatic carbocycles. The number of allylic oxidation sites excluding steroid dienone is 1. The molecule has 0 heterocycles. The lowest BCUT2D eigenvalue weighted by atomic mass is 9.31. The van der Waals surface area contributed by atoms with Crippen LogP contribution in [0.15, 0.2) is 12.2 Å². The van der Waals surface area contributed by atoms with E-state index >= 15 is 0 Å². The minimum Gasteiger partial charge on any atom is -0.462 e. The zero-order chi connectivity index (χ0) is 24.9. The van der Waals surface area contributed by atoms with Crippen LogP contribution in [0.3, 0.4) is 0 Å². The van der Waals surface area contributed by atoms with Crippen LogP contribution in [0, 0.1) is 56.7 Å². The molecule has 0 bridgehead atoms. The van der Waals surface area contributed by atoms with Gasteiger partial charge in [-0.15, -0.1) is 0 Å². The molecule has 10 atom stereocenters. The molecule has 5 saturated carbocycles. The molecule has 2 nitrogen and oxygen atoms in total.